The number of anilines is 2. The van der Waals surface area contributed by atoms with E-state index >= 15 is 0 Å². The van der Waals surface area contributed by atoms with Crippen LogP contribution in [0.4, 0.5) is 16.2 Å². The molecule has 0 spiro atoms. The van der Waals surface area contributed by atoms with Crippen molar-refractivity contribution in [2.75, 3.05) is 50.3 Å². The summed E-state index contributed by atoms with van der Waals surface area (Å²) in [6.07, 6.45) is 1.47. The van der Waals surface area contributed by atoms with Crippen molar-refractivity contribution in [2.24, 2.45) is 0 Å². The third-order valence-electron chi connectivity index (χ3n) is 5.31. The number of carbonyl (C=O) groups is 3. The van der Waals surface area contributed by atoms with Crippen LogP contribution in [-0.2, 0) is 14.3 Å². The van der Waals surface area contributed by atoms with Crippen molar-refractivity contribution in [1.29, 1.82) is 0 Å². The molecule has 2 aliphatic heterocycles. The fourth-order valence-electron chi connectivity index (χ4n) is 3.62. The van der Waals surface area contributed by atoms with Crippen molar-refractivity contribution in [3.05, 3.63) is 53.6 Å². The van der Waals surface area contributed by atoms with Gasteiger partial charge in [0, 0.05) is 24.8 Å². The molecule has 0 aromatic heterocycles. The summed E-state index contributed by atoms with van der Waals surface area (Å²) < 4.78 is 15.9. The van der Waals surface area contributed by atoms with Crippen LogP contribution in [0.2, 0.25) is 0 Å². The largest absolute Gasteiger partial charge is 0.497 e. The van der Waals surface area contributed by atoms with Crippen LogP contribution < -0.4 is 24.6 Å². The highest BCUT2D eigenvalue weighted by Crippen LogP contribution is 2.34. The Bertz CT molecular complexity index is 1070. The lowest BCUT2D eigenvalue weighted by Gasteiger charge is -2.29. The first kappa shape index (κ1) is 21.4. The van der Waals surface area contributed by atoms with Crippen LogP contribution in [0.5, 0.6) is 11.5 Å². The van der Waals surface area contributed by atoms with Crippen molar-refractivity contribution >= 4 is 35.3 Å². The number of rotatable bonds is 5. The van der Waals surface area contributed by atoms with Gasteiger partial charge in [0.05, 0.1) is 33.1 Å². The average Bonchev–Trinajstić information content (AvgIpc) is 2.82. The lowest BCUT2D eigenvalue weighted by Crippen LogP contribution is -2.54. The molecule has 0 atom stereocenters. The summed E-state index contributed by atoms with van der Waals surface area (Å²) in [7, 11) is 2.90. The highest BCUT2D eigenvalue weighted by Gasteiger charge is 2.38. The number of morpholine rings is 1. The SMILES string of the molecule is COc1ccc(OC)c(N2C(=O)NC(=O)/C(=C/c3ccc(N4CCOCC4)cc3)C2=O)c1. The van der Waals surface area contributed by atoms with E-state index in [1.807, 2.05) is 24.3 Å². The van der Waals surface area contributed by atoms with Crippen LogP contribution in [0.15, 0.2) is 48.0 Å². The number of hydrogen-bond donors (Lipinski definition) is 1. The number of benzene rings is 2. The molecule has 0 aliphatic carbocycles. The van der Waals surface area contributed by atoms with Crippen LogP contribution in [-0.4, -0.2) is 58.4 Å². The second kappa shape index (κ2) is 9.11. The molecule has 2 fully saturated rings. The number of ether oxygens (including phenoxy) is 3. The summed E-state index contributed by atoms with van der Waals surface area (Å²) in [6.45, 7) is 2.97. The number of imide groups is 2. The van der Waals surface area contributed by atoms with E-state index in [2.05, 4.69) is 10.2 Å². The molecule has 0 bridgehead atoms. The van der Waals surface area contributed by atoms with Crippen LogP contribution in [0, 0.1) is 0 Å². The zero-order valence-corrected chi connectivity index (χ0v) is 17.8. The number of carbonyl (C=O) groups excluding carboxylic acids is 3. The number of nitrogens with zero attached hydrogens (tertiary/aromatic N) is 2. The maximum Gasteiger partial charge on any atom is 0.336 e. The van der Waals surface area contributed by atoms with E-state index in [0.717, 1.165) is 23.7 Å². The Morgan fingerprint density at radius 3 is 2.34 bits per heavy atom. The molecule has 0 unspecified atom stereocenters. The number of amides is 4. The first-order valence-corrected chi connectivity index (χ1v) is 10.1. The van der Waals surface area contributed by atoms with Gasteiger partial charge in [-0.2, -0.15) is 0 Å². The normalized spacial score (nSPS) is 18.1. The molecule has 9 heteroatoms. The lowest BCUT2D eigenvalue weighted by atomic mass is 10.1. The fourth-order valence-corrected chi connectivity index (χ4v) is 3.62. The zero-order chi connectivity index (χ0) is 22.7. The summed E-state index contributed by atoms with van der Waals surface area (Å²) in [4.78, 5) is 41.3. The molecule has 0 saturated carbocycles. The van der Waals surface area contributed by atoms with E-state index < -0.39 is 17.8 Å². The molecular formula is C23H23N3O6. The van der Waals surface area contributed by atoms with Gasteiger partial charge in [0.1, 0.15) is 17.1 Å². The molecule has 2 saturated heterocycles. The Morgan fingerprint density at radius 1 is 0.969 bits per heavy atom. The minimum Gasteiger partial charge on any atom is -0.497 e. The van der Waals surface area contributed by atoms with Gasteiger partial charge in [0.25, 0.3) is 11.8 Å². The van der Waals surface area contributed by atoms with Crippen molar-refractivity contribution < 1.29 is 28.6 Å². The summed E-state index contributed by atoms with van der Waals surface area (Å²) in [5.74, 6) is -0.779. The fraction of sp³-hybridized carbons (Fsp3) is 0.261. The minimum absolute atomic E-state index is 0.159. The van der Waals surface area contributed by atoms with Gasteiger partial charge in [-0.3, -0.25) is 14.9 Å². The second-order valence-corrected chi connectivity index (χ2v) is 7.19. The number of barbiturate groups is 1. The van der Waals surface area contributed by atoms with Crippen molar-refractivity contribution in [3.8, 4) is 11.5 Å². The predicted octanol–water partition coefficient (Wildman–Crippen LogP) is 2.21. The Hall–Kier alpha value is -3.85. The lowest BCUT2D eigenvalue weighted by molar-refractivity contribution is -0.122. The van der Waals surface area contributed by atoms with E-state index in [0.29, 0.717) is 24.5 Å². The molecule has 2 aromatic rings. The summed E-state index contributed by atoms with van der Waals surface area (Å²) in [6, 6.07) is 11.4. The standard InChI is InChI=1S/C23H23N3O6/c1-30-17-7-8-20(31-2)19(14-17)26-22(28)18(21(27)24-23(26)29)13-15-3-5-16(6-4-15)25-9-11-32-12-10-25/h3-8,13-14H,9-12H2,1-2H3,(H,24,27,29)/b18-13-. The van der Waals surface area contributed by atoms with Gasteiger partial charge in [-0.1, -0.05) is 12.1 Å². The Morgan fingerprint density at radius 2 is 1.69 bits per heavy atom. The number of urea groups is 1. The Kier molecular flexibility index (Phi) is 6.09. The molecule has 0 radical (unpaired) electrons. The van der Waals surface area contributed by atoms with Crippen LogP contribution in [0.1, 0.15) is 5.56 Å². The molecule has 32 heavy (non-hydrogen) atoms. The van der Waals surface area contributed by atoms with Crippen molar-refractivity contribution in [2.45, 2.75) is 0 Å². The van der Waals surface area contributed by atoms with Gasteiger partial charge in [-0.15, -0.1) is 0 Å². The highest BCUT2D eigenvalue weighted by atomic mass is 16.5. The highest BCUT2D eigenvalue weighted by molar-refractivity contribution is 6.39. The molecule has 9 nitrogen and oxygen atoms in total. The van der Waals surface area contributed by atoms with Crippen LogP contribution >= 0.6 is 0 Å². The summed E-state index contributed by atoms with van der Waals surface area (Å²) in [5.41, 5.74) is 1.71. The molecule has 2 aromatic carbocycles. The van der Waals surface area contributed by atoms with E-state index in [1.54, 1.807) is 12.1 Å². The average molecular weight is 437 g/mol. The van der Waals surface area contributed by atoms with Crippen LogP contribution in [0.3, 0.4) is 0 Å². The van der Waals surface area contributed by atoms with E-state index in [4.69, 9.17) is 14.2 Å². The molecule has 4 amide bonds. The number of methoxy groups -OCH3 is 2. The first-order chi connectivity index (χ1) is 15.5. The summed E-state index contributed by atoms with van der Waals surface area (Å²) >= 11 is 0. The van der Waals surface area contributed by atoms with E-state index in [1.165, 1.54) is 26.4 Å². The second-order valence-electron chi connectivity index (χ2n) is 7.19. The van der Waals surface area contributed by atoms with Gasteiger partial charge in [-0.25, -0.2) is 9.69 Å². The first-order valence-electron chi connectivity index (χ1n) is 10.1. The van der Waals surface area contributed by atoms with Gasteiger partial charge < -0.3 is 19.1 Å². The van der Waals surface area contributed by atoms with Crippen molar-refractivity contribution in [3.63, 3.8) is 0 Å². The van der Waals surface area contributed by atoms with E-state index in [-0.39, 0.29) is 17.0 Å². The van der Waals surface area contributed by atoms with Gasteiger partial charge >= 0.3 is 6.03 Å². The van der Waals surface area contributed by atoms with Gasteiger partial charge in [-0.05, 0) is 35.9 Å². The third kappa shape index (κ3) is 4.15. The molecule has 2 heterocycles. The van der Waals surface area contributed by atoms with Gasteiger partial charge in [0.15, 0.2) is 0 Å². The van der Waals surface area contributed by atoms with Crippen molar-refractivity contribution in [1.82, 2.24) is 5.32 Å². The molecular weight excluding hydrogens is 414 g/mol. The number of nitrogens with one attached hydrogen (secondary N) is 1. The summed E-state index contributed by atoms with van der Waals surface area (Å²) in [5, 5.41) is 2.22. The predicted molar refractivity (Wildman–Crippen MR) is 118 cm³/mol. The maximum atomic E-state index is 13.2. The molecule has 166 valence electrons. The maximum absolute atomic E-state index is 13.2. The Balaban J connectivity index is 1.65. The van der Waals surface area contributed by atoms with Gasteiger partial charge in [0.2, 0.25) is 0 Å². The Labute approximate surface area is 185 Å². The quantitative estimate of drug-likeness (QED) is 0.566. The monoisotopic (exact) mass is 437 g/mol. The molecule has 1 N–H and O–H groups in total. The minimum atomic E-state index is -0.855. The molecule has 2 aliphatic rings. The number of hydrogen-bond acceptors (Lipinski definition) is 7. The third-order valence-corrected chi connectivity index (χ3v) is 5.31. The molecule has 4 rings (SSSR count). The topological polar surface area (TPSA) is 97.4 Å². The van der Waals surface area contributed by atoms with Crippen LogP contribution in [0.25, 0.3) is 6.08 Å². The smallest absolute Gasteiger partial charge is 0.336 e. The van der Waals surface area contributed by atoms with E-state index in [9.17, 15) is 14.4 Å². The zero-order valence-electron chi connectivity index (χ0n) is 17.8.